The Bertz CT molecular complexity index is 414. The van der Waals surface area contributed by atoms with Gasteiger partial charge < -0.3 is 4.74 Å². The van der Waals surface area contributed by atoms with Gasteiger partial charge in [0.25, 0.3) is 5.91 Å². The molecular formula is C12H13NO4. The summed E-state index contributed by atoms with van der Waals surface area (Å²) >= 11 is 0. The number of rotatable bonds is 4. The van der Waals surface area contributed by atoms with Crippen LogP contribution < -0.4 is 5.06 Å². The van der Waals surface area contributed by atoms with E-state index in [1.54, 1.807) is 37.3 Å². The lowest BCUT2D eigenvalue weighted by atomic mass is 10.3. The summed E-state index contributed by atoms with van der Waals surface area (Å²) in [7, 11) is 0. The van der Waals surface area contributed by atoms with E-state index >= 15 is 0 Å². The van der Waals surface area contributed by atoms with Crippen LogP contribution in [0.25, 0.3) is 0 Å². The minimum absolute atomic E-state index is 0.235. The van der Waals surface area contributed by atoms with Gasteiger partial charge in [-0.3, -0.25) is 10.0 Å². The van der Waals surface area contributed by atoms with Crippen LogP contribution in [0.3, 0.4) is 0 Å². The molecule has 1 aromatic rings. The number of ether oxygens (including phenoxy) is 1. The number of hydroxylamine groups is 1. The second kappa shape index (κ2) is 6.44. The molecule has 5 heteroatoms. The maximum absolute atomic E-state index is 11.4. The van der Waals surface area contributed by atoms with E-state index in [9.17, 15) is 14.8 Å². The van der Waals surface area contributed by atoms with Crippen molar-refractivity contribution in [1.29, 1.82) is 0 Å². The average Bonchev–Trinajstić information content (AvgIpc) is 2.36. The smallest absolute Gasteiger partial charge is 0.330 e. The molecule has 0 atom stereocenters. The monoisotopic (exact) mass is 235 g/mol. The molecule has 17 heavy (non-hydrogen) atoms. The molecule has 0 spiro atoms. The van der Waals surface area contributed by atoms with Crippen LogP contribution in [0.5, 0.6) is 0 Å². The van der Waals surface area contributed by atoms with Crippen molar-refractivity contribution < 1.29 is 19.5 Å². The lowest BCUT2D eigenvalue weighted by Crippen LogP contribution is -2.25. The Morgan fingerprint density at radius 1 is 1.29 bits per heavy atom. The van der Waals surface area contributed by atoms with Crippen LogP contribution in [-0.4, -0.2) is 23.7 Å². The third-order valence-corrected chi connectivity index (χ3v) is 1.86. The maximum atomic E-state index is 11.4. The Kier molecular flexibility index (Phi) is 4.90. The van der Waals surface area contributed by atoms with Crippen molar-refractivity contribution in [1.82, 2.24) is 0 Å². The van der Waals surface area contributed by atoms with Gasteiger partial charge in [-0.1, -0.05) is 18.2 Å². The largest absolute Gasteiger partial charge is 0.463 e. The van der Waals surface area contributed by atoms with Crippen molar-refractivity contribution in [3.05, 3.63) is 42.5 Å². The predicted octanol–water partition coefficient (Wildman–Crippen LogP) is 1.53. The van der Waals surface area contributed by atoms with Crippen LogP contribution in [0.4, 0.5) is 5.69 Å². The fourth-order valence-electron chi connectivity index (χ4n) is 1.10. The number of esters is 1. The van der Waals surface area contributed by atoms with E-state index in [-0.39, 0.29) is 6.61 Å². The summed E-state index contributed by atoms with van der Waals surface area (Å²) < 4.78 is 4.60. The SMILES string of the molecule is CCOC(=O)C=CC(=O)N(O)c1ccccc1. The van der Waals surface area contributed by atoms with Gasteiger partial charge in [-0.2, -0.15) is 5.06 Å². The quantitative estimate of drug-likeness (QED) is 0.372. The highest BCUT2D eigenvalue weighted by molar-refractivity contribution is 6.02. The molecule has 0 aliphatic heterocycles. The first-order chi connectivity index (χ1) is 8.15. The van der Waals surface area contributed by atoms with Crippen LogP contribution in [0.1, 0.15) is 6.92 Å². The maximum Gasteiger partial charge on any atom is 0.330 e. The molecule has 0 saturated carbocycles. The molecule has 0 heterocycles. The number of carbonyl (C=O) groups is 2. The first-order valence-corrected chi connectivity index (χ1v) is 5.08. The van der Waals surface area contributed by atoms with E-state index in [0.29, 0.717) is 10.8 Å². The number of benzene rings is 1. The highest BCUT2D eigenvalue weighted by Gasteiger charge is 2.09. The number of hydrogen-bond donors (Lipinski definition) is 1. The molecule has 1 N–H and O–H groups in total. The molecule has 0 unspecified atom stereocenters. The molecule has 1 amide bonds. The number of carbonyl (C=O) groups excluding carboxylic acids is 2. The average molecular weight is 235 g/mol. The molecule has 1 aromatic carbocycles. The third kappa shape index (κ3) is 4.08. The van der Waals surface area contributed by atoms with Gasteiger partial charge >= 0.3 is 5.97 Å². The van der Waals surface area contributed by atoms with Crippen molar-refractivity contribution in [3.8, 4) is 0 Å². The molecule has 5 nitrogen and oxygen atoms in total. The van der Waals surface area contributed by atoms with Gasteiger partial charge in [0.05, 0.1) is 12.3 Å². The highest BCUT2D eigenvalue weighted by atomic mass is 16.5. The Morgan fingerprint density at radius 2 is 1.94 bits per heavy atom. The van der Waals surface area contributed by atoms with Gasteiger partial charge in [-0.05, 0) is 19.1 Å². The van der Waals surface area contributed by atoms with Gasteiger partial charge in [-0.25, -0.2) is 4.79 Å². The van der Waals surface area contributed by atoms with Crippen molar-refractivity contribution in [2.24, 2.45) is 0 Å². The standard InChI is InChI=1S/C12H13NO4/c1-2-17-12(15)9-8-11(14)13(16)10-6-4-3-5-7-10/h3-9,16H,2H2,1H3. The zero-order valence-electron chi connectivity index (χ0n) is 9.37. The van der Waals surface area contributed by atoms with Gasteiger partial charge in [0.2, 0.25) is 0 Å². The van der Waals surface area contributed by atoms with Crippen molar-refractivity contribution >= 4 is 17.6 Å². The summed E-state index contributed by atoms with van der Waals surface area (Å²) in [6, 6.07) is 8.25. The van der Waals surface area contributed by atoms with Crippen LogP contribution in [0.2, 0.25) is 0 Å². The van der Waals surface area contributed by atoms with Gasteiger partial charge in [0, 0.05) is 12.2 Å². The van der Waals surface area contributed by atoms with Gasteiger partial charge in [-0.15, -0.1) is 0 Å². The summed E-state index contributed by atoms with van der Waals surface area (Å²) in [5.41, 5.74) is 0.325. The summed E-state index contributed by atoms with van der Waals surface area (Å²) in [6.45, 7) is 1.90. The fraction of sp³-hybridized carbons (Fsp3) is 0.167. The molecular weight excluding hydrogens is 222 g/mol. The van der Waals surface area contributed by atoms with E-state index in [2.05, 4.69) is 4.74 Å². The minimum atomic E-state index is -0.718. The Labute approximate surface area is 98.9 Å². The zero-order chi connectivity index (χ0) is 12.7. The molecule has 0 bridgehead atoms. The summed E-state index contributed by atoms with van der Waals surface area (Å²) in [6.07, 6.45) is 1.92. The van der Waals surface area contributed by atoms with Gasteiger partial charge in [0.15, 0.2) is 0 Å². The minimum Gasteiger partial charge on any atom is -0.463 e. The van der Waals surface area contributed by atoms with Gasteiger partial charge in [0.1, 0.15) is 0 Å². The number of hydrogen-bond acceptors (Lipinski definition) is 4. The van der Waals surface area contributed by atoms with Crippen LogP contribution in [-0.2, 0) is 14.3 Å². The molecule has 0 aliphatic carbocycles. The Hall–Kier alpha value is -2.14. The lowest BCUT2D eigenvalue weighted by molar-refractivity contribution is -0.137. The van der Waals surface area contributed by atoms with E-state index in [1.807, 2.05) is 0 Å². The fourth-order valence-corrected chi connectivity index (χ4v) is 1.10. The van der Waals surface area contributed by atoms with Crippen LogP contribution in [0, 0.1) is 0 Å². The number of para-hydroxylation sites is 1. The number of nitrogens with zero attached hydrogens (tertiary/aromatic N) is 1. The van der Waals surface area contributed by atoms with Crippen molar-refractivity contribution in [3.63, 3.8) is 0 Å². The molecule has 1 rings (SSSR count). The van der Waals surface area contributed by atoms with E-state index < -0.39 is 11.9 Å². The second-order valence-electron chi connectivity index (χ2n) is 3.07. The second-order valence-corrected chi connectivity index (χ2v) is 3.07. The predicted molar refractivity (Wildman–Crippen MR) is 61.5 cm³/mol. The molecule has 0 radical (unpaired) electrons. The molecule has 0 aromatic heterocycles. The molecule has 90 valence electrons. The Balaban J connectivity index is 2.62. The molecule has 0 saturated heterocycles. The van der Waals surface area contributed by atoms with E-state index in [1.165, 1.54) is 0 Å². The summed E-state index contributed by atoms with van der Waals surface area (Å²) in [4.78, 5) is 22.4. The lowest BCUT2D eigenvalue weighted by Gasteiger charge is -2.11. The Morgan fingerprint density at radius 3 is 2.53 bits per heavy atom. The van der Waals surface area contributed by atoms with E-state index in [0.717, 1.165) is 12.2 Å². The van der Waals surface area contributed by atoms with Crippen LogP contribution >= 0.6 is 0 Å². The third-order valence-electron chi connectivity index (χ3n) is 1.86. The molecule has 0 aliphatic rings. The summed E-state index contributed by atoms with van der Waals surface area (Å²) in [5, 5.41) is 9.97. The van der Waals surface area contributed by atoms with E-state index in [4.69, 9.17) is 0 Å². The zero-order valence-corrected chi connectivity index (χ0v) is 9.37. The van der Waals surface area contributed by atoms with Crippen molar-refractivity contribution in [2.75, 3.05) is 11.7 Å². The van der Waals surface area contributed by atoms with Crippen LogP contribution in [0.15, 0.2) is 42.5 Å². The highest BCUT2D eigenvalue weighted by Crippen LogP contribution is 2.10. The normalized spacial score (nSPS) is 10.2. The molecule has 0 fully saturated rings. The number of amides is 1. The number of anilines is 1. The summed E-state index contributed by atoms with van der Waals surface area (Å²) in [5.74, 6) is -1.34. The first kappa shape index (κ1) is 12.9. The topological polar surface area (TPSA) is 66.8 Å². The first-order valence-electron chi connectivity index (χ1n) is 5.08. The van der Waals surface area contributed by atoms with Crippen molar-refractivity contribution in [2.45, 2.75) is 6.92 Å².